The standard InChI is InChI=1S/C17H16BrN3O3/c1-10(2)14(19-16(22)13-4-3-9-23-13)17-20-15(21-24-17)11-5-7-12(18)8-6-11/h3-10,14H,1-2H3,(H,19,22). The summed E-state index contributed by atoms with van der Waals surface area (Å²) < 4.78 is 11.5. The third kappa shape index (κ3) is 3.56. The van der Waals surface area contributed by atoms with E-state index in [-0.39, 0.29) is 17.6 Å². The summed E-state index contributed by atoms with van der Waals surface area (Å²) in [4.78, 5) is 16.6. The number of nitrogens with one attached hydrogen (secondary N) is 1. The molecule has 0 saturated heterocycles. The fourth-order valence-corrected chi connectivity index (χ4v) is 2.48. The van der Waals surface area contributed by atoms with E-state index in [4.69, 9.17) is 8.94 Å². The summed E-state index contributed by atoms with van der Waals surface area (Å²) >= 11 is 3.39. The van der Waals surface area contributed by atoms with E-state index in [0.717, 1.165) is 10.0 Å². The third-order valence-electron chi connectivity index (χ3n) is 3.51. The van der Waals surface area contributed by atoms with Gasteiger partial charge in [0.05, 0.1) is 6.26 Å². The summed E-state index contributed by atoms with van der Waals surface area (Å²) in [7, 11) is 0. The number of carbonyl (C=O) groups excluding carboxylic acids is 1. The quantitative estimate of drug-likeness (QED) is 0.706. The van der Waals surface area contributed by atoms with Gasteiger partial charge in [0.15, 0.2) is 5.76 Å². The number of halogens is 1. The zero-order chi connectivity index (χ0) is 17.1. The van der Waals surface area contributed by atoms with Crippen LogP contribution in [0.3, 0.4) is 0 Å². The number of benzene rings is 1. The molecule has 1 atom stereocenters. The molecule has 2 aromatic heterocycles. The highest BCUT2D eigenvalue weighted by Crippen LogP contribution is 2.25. The van der Waals surface area contributed by atoms with Crippen LogP contribution in [-0.2, 0) is 0 Å². The van der Waals surface area contributed by atoms with Crippen molar-refractivity contribution in [2.75, 3.05) is 0 Å². The minimum Gasteiger partial charge on any atom is -0.459 e. The van der Waals surface area contributed by atoms with E-state index in [2.05, 4.69) is 31.4 Å². The lowest BCUT2D eigenvalue weighted by Crippen LogP contribution is -2.31. The summed E-state index contributed by atoms with van der Waals surface area (Å²) in [5.74, 6) is 0.843. The Balaban J connectivity index is 1.82. The fraction of sp³-hybridized carbons (Fsp3) is 0.235. The Kier molecular flexibility index (Phi) is 4.80. The first kappa shape index (κ1) is 16.4. The molecule has 1 aromatic carbocycles. The zero-order valence-corrected chi connectivity index (χ0v) is 14.8. The van der Waals surface area contributed by atoms with Crippen molar-refractivity contribution < 1.29 is 13.7 Å². The number of carbonyl (C=O) groups is 1. The van der Waals surface area contributed by atoms with Crippen molar-refractivity contribution in [3.05, 3.63) is 58.8 Å². The Labute approximate surface area is 147 Å². The van der Waals surface area contributed by atoms with Crippen molar-refractivity contribution >= 4 is 21.8 Å². The minimum atomic E-state index is -0.403. The van der Waals surface area contributed by atoms with Crippen LogP contribution in [0.1, 0.15) is 36.3 Å². The molecule has 2 heterocycles. The minimum absolute atomic E-state index is 0.0714. The van der Waals surface area contributed by atoms with Gasteiger partial charge in [0.2, 0.25) is 11.7 Å². The molecule has 24 heavy (non-hydrogen) atoms. The molecule has 0 aliphatic rings. The molecule has 0 fully saturated rings. The summed E-state index contributed by atoms with van der Waals surface area (Å²) in [5.41, 5.74) is 0.841. The van der Waals surface area contributed by atoms with Gasteiger partial charge in [-0.3, -0.25) is 4.79 Å². The van der Waals surface area contributed by atoms with Gasteiger partial charge in [-0.25, -0.2) is 0 Å². The first-order chi connectivity index (χ1) is 11.5. The molecule has 6 nitrogen and oxygen atoms in total. The van der Waals surface area contributed by atoms with E-state index in [1.807, 2.05) is 38.1 Å². The number of furan rings is 1. The van der Waals surface area contributed by atoms with Gasteiger partial charge >= 0.3 is 0 Å². The number of aromatic nitrogens is 2. The molecule has 3 rings (SSSR count). The Morgan fingerprint density at radius 3 is 2.58 bits per heavy atom. The van der Waals surface area contributed by atoms with E-state index in [0.29, 0.717) is 11.7 Å². The van der Waals surface area contributed by atoms with E-state index in [1.54, 1.807) is 12.1 Å². The number of nitrogens with zero attached hydrogens (tertiary/aromatic N) is 2. The van der Waals surface area contributed by atoms with Gasteiger partial charge in [0.25, 0.3) is 5.91 Å². The average Bonchev–Trinajstić information content (AvgIpc) is 3.24. The molecule has 1 N–H and O–H groups in total. The molecule has 0 spiro atoms. The first-order valence-electron chi connectivity index (χ1n) is 7.48. The van der Waals surface area contributed by atoms with Crippen LogP contribution in [0.4, 0.5) is 0 Å². The molecule has 0 saturated carbocycles. The summed E-state index contributed by atoms with van der Waals surface area (Å²) in [6, 6.07) is 10.5. The first-order valence-corrected chi connectivity index (χ1v) is 8.28. The third-order valence-corrected chi connectivity index (χ3v) is 4.04. The predicted octanol–water partition coefficient (Wildman–Crippen LogP) is 4.22. The van der Waals surface area contributed by atoms with Gasteiger partial charge in [-0.05, 0) is 42.3 Å². The normalized spacial score (nSPS) is 12.3. The molecule has 124 valence electrons. The molecule has 0 radical (unpaired) electrons. The maximum Gasteiger partial charge on any atom is 0.287 e. The van der Waals surface area contributed by atoms with Crippen molar-refractivity contribution in [1.82, 2.24) is 15.5 Å². The maximum atomic E-state index is 12.2. The maximum absolute atomic E-state index is 12.2. The molecule has 1 amide bonds. The van der Waals surface area contributed by atoms with Crippen LogP contribution in [0.15, 0.2) is 56.1 Å². The molecule has 0 aliphatic carbocycles. The SMILES string of the molecule is CC(C)C(NC(=O)c1ccco1)c1nc(-c2ccc(Br)cc2)no1. The highest BCUT2D eigenvalue weighted by Gasteiger charge is 2.26. The summed E-state index contributed by atoms with van der Waals surface area (Å²) in [6.45, 7) is 3.94. The monoisotopic (exact) mass is 389 g/mol. The Bertz CT molecular complexity index is 810. The van der Waals surface area contributed by atoms with Crippen LogP contribution in [0.5, 0.6) is 0 Å². The highest BCUT2D eigenvalue weighted by molar-refractivity contribution is 9.10. The van der Waals surface area contributed by atoms with Crippen molar-refractivity contribution in [3.8, 4) is 11.4 Å². The molecule has 7 heteroatoms. The Hall–Kier alpha value is -2.41. The van der Waals surface area contributed by atoms with Crippen LogP contribution in [0.2, 0.25) is 0 Å². The Morgan fingerprint density at radius 2 is 1.96 bits per heavy atom. The summed E-state index contributed by atoms with van der Waals surface area (Å²) in [5, 5.41) is 6.89. The fourth-order valence-electron chi connectivity index (χ4n) is 2.21. The van der Waals surface area contributed by atoms with E-state index >= 15 is 0 Å². The van der Waals surface area contributed by atoms with Crippen molar-refractivity contribution in [1.29, 1.82) is 0 Å². The second-order valence-corrected chi connectivity index (χ2v) is 6.55. The lowest BCUT2D eigenvalue weighted by molar-refractivity contribution is 0.0885. The topological polar surface area (TPSA) is 81.2 Å². The smallest absolute Gasteiger partial charge is 0.287 e. The molecule has 0 bridgehead atoms. The van der Waals surface area contributed by atoms with Crippen LogP contribution in [0, 0.1) is 5.92 Å². The lowest BCUT2D eigenvalue weighted by Gasteiger charge is -2.17. The molecule has 3 aromatic rings. The van der Waals surface area contributed by atoms with Gasteiger partial charge in [0.1, 0.15) is 6.04 Å². The highest BCUT2D eigenvalue weighted by atomic mass is 79.9. The van der Waals surface area contributed by atoms with Gasteiger partial charge in [-0.15, -0.1) is 0 Å². The van der Waals surface area contributed by atoms with Crippen molar-refractivity contribution in [2.45, 2.75) is 19.9 Å². The average molecular weight is 390 g/mol. The predicted molar refractivity (Wildman–Crippen MR) is 91.2 cm³/mol. The van der Waals surface area contributed by atoms with E-state index in [1.165, 1.54) is 6.26 Å². The van der Waals surface area contributed by atoms with Crippen molar-refractivity contribution in [2.24, 2.45) is 5.92 Å². The van der Waals surface area contributed by atoms with E-state index in [9.17, 15) is 4.79 Å². The second kappa shape index (κ2) is 7.00. The second-order valence-electron chi connectivity index (χ2n) is 5.64. The van der Waals surface area contributed by atoms with Crippen LogP contribution < -0.4 is 5.32 Å². The van der Waals surface area contributed by atoms with Gasteiger partial charge in [0, 0.05) is 10.0 Å². The van der Waals surface area contributed by atoms with Crippen LogP contribution in [-0.4, -0.2) is 16.0 Å². The number of hydrogen-bond acceptors (Lipinski definition) is 5. The molecular weight excluding hydrogens is 374 g/mol. The molecule has 1 unspecified atom stereocenters. The van der Waals surface area contributed by atoms with Gasteiger partial charge < -0.3 is 14.3 Å². The number of rotatable bonds is 5. The largest absolute Gasteiger partial charge is 0.459 e. The summed E-state index contributed by atoms with van der Waals surface area (Å²) in [6.07, 6.45) is 1.46. The molecule has 0 aliphatic heterocycles. The van der Waals surface area contributed by atoms with Gasteiger partial charge in [-0.2, -0.15) is 4.98 Å². The number of amides is 1. The van der Waals surface area contributed by atoms with Crippen molar-refractivity contribution in [3.63, 3.8) is 0 Å². The van der Waals surface area contributed by atoms with Crippen LogP contribution in [0.25, 0.3) is 11.4 Å². The van der Waals surface area contributed by atoms with Crippen LogP contribution >= 0.6 is 15.9 Å². The van der Waals surface area contributed by atoms with E-state index < -0.39 is 6.04 Å². The number of hydrogen-bond donors (Lipinski definition) is 1. The zero-order valence-electron chi connectivity index (χ0n) is 13.2. The van der Waals surface area contributed by atoms with Gasteiger partial charge in [-0.1, -0.05) is 34.9 Å². The Morgan fingerprint density at radius 1 is 1.21 bits per heavy atom. The molecular formula is C17H16BrN3O3. The lowest BCUT2D eigenvalue weighted by atomic mass is 10.0.